The molecular formula is C22H15Cl2F3N6O2S. The molecule has 0 unspecified atom stereocenters. The topological polar surface area (TPSA) is 95.0 Å². The van der Waals surface area contributed by atoms with E-state index in [9.17, 15) is 21.6 Å². The number of hydrogen-bond acceptors (Lipinski definition) is 6. The maximum Gasteiger partial charge on any atom is 0.433 e. The van der Waals surface area contributed by atoms with Gasteiger partial charge in [-0.1, -0.05) is 30.1 Å². The first-order valence-electron chi connectivity index (χ1n) is 10.4. The molecule has 36 heavy (non-hydrogen) atoms. The number of aryl methyl sites for hydroxylation is 1. The van der Waals surface area contributed by atoms with Crippen molar-refractivity contribution in [1.82, 2.24) is 29.1 Å². The number of alkyl halides is 3. The van der Waals surface area contributed by atoms with Gasteiger partial charge in [0.15, 0.2) is 20.5 Å². The van der Waals surface area contributed by atoms with Gasteiger partial charge in [-0.15, -0.1) is 0 Å². The van der Waals surface area contributed by atoms with Gasteiger partial charge >= 0.3 is 6.18 Å². The third-order valence-corrected chi connectivity index (χ3v) is 7.66. The fourth-order valence-corrected chi connectivity index (χ4v) is 5.31. The summed E-state index contributed by atoms with van der Waals surface area (Å²) in [5.74, 6) is -0.177. The zero-order valence-electron chi connectivity index (χ0n) is 18.5. The number of sulfone groups is 1. The quantitative estimate of drug-likeness (QED) is 0.292. The molecular weight excluding hydrogens is 540 g/mol. The van der Waals surface area contributed by atoms with E-state index in [4.69, 9.17) is 23.2 Å². The van der Waals surface area contributed by atoms with Crippen molar-refractivity contribution in [2.75, 3.05) is 5.75 Å². The van der Waals surface area contributed by atoms with E-state index in [-0.39, 0.29) is 38.8 Å². The smallest absolute Gasteiger partial charge is 0.326 e. The lowest BCUT2D eigenvalue weighted by atomic mass is 10.1. The Morgan fingerprint density at radius 3 is 2.33 bits per heavy atom. The molecule has 186 valence electrons. The lowest BCUT2D eigenvalue weighted by Crippen LogP contribution is -2.07. The molecule has 0 saturated carbocycles. The zero-order chi connectivity index (χ0) is 26.0. The molecule has 0 saturated heterocycles. The molecule has 1 aromatic carbocycles. The molecule has 0 aliphatic rings. The fraction of sp³-hybridized carbons (Fsp3) is 0.182. The van der Waals surface area contributed by atoms with Gasteiger partial charge < -0.3 is 4.57 Å². The van der Waals surface area contributed by atoms with Crippen LogP contribution in [0.2, 0.25) is 10.0 Å². The number of rotatable bonds is 4. The normalized spacial score (nSPS) is 12.6. The third kappa shape index (κ3) is 4.08. The van der Waals surface area contributed by atoms with E-state index in [1.807, 2.05) is 0 Å². The number of fused-ring (bicyclic) bond motifs is 2. The molecule has 0 aliphatic carbocycles. The standard InChI is InChI=1S/C22H15Cl2F3N6O2S/c1-3-36(34,35)21-18(20-30-15-7-17(22(25,26)27)28-9-16(15)32(20)2)19-29-8-12(10-33(19)31-21)11-4-13(23)6-14(24)5-11/h4-10H,3H2,1-2H3. The largest absolute Gasteiger partial charge is 0.433 e. The predicted octanol–water partition coefficient (Wildman–Crippen LogP) is 5.46. The highest BCUT2D eigenvalue weighted by atomic mass is 35.5. The number of halogens is 5. The van der Waals surface area contributed by atoms with E-state index < -0.39 is 21.7 Å². The number of nitrogens with zero attached hydrogens (tertiary/aromatic N) is 6. The molecule has 8 nitrogen and oxygen atoms in total. The van der Waals surface area contributed by atoms with Crippen LogP contribution in [-0.2, 0) is 23.1 Å². The maximum absolute atomic E-state index is 13.2. The second-order valence-corrected chi connectivity index (χ2v) is 11.0. The van der Waals surface area contributed by atoms with E-state index >= 15 is 0 Å². The highest BCUT2D eigenvalue weighted by Crippen LogP contribution is 2.35. The van der Waals surface area contributed by atoms with E-state index in [0.29, 0.717) is 21.2 Å². The Hall–Kier alpha value is -3.22. The van der Waals surface area contributed by atoms with Crippen molar-refractivity contribution in [2.45, 2.75) is 18.1 Å². The third-order valence-electron chi connectivity index (χ3n) is 5.59. The Kier molecular flexibility index (Phi) is 5.73. The Labute approximate surface area is 212 Å². The van der Waals surface area contributed by atoms with E-state index in [1.165, 1.54) is 22.2 Å². The molecule has 4 aromatic heterocycles. The summed E-state index contributed by atoms with van der Waals surface area (Å²) in [6, 6.07) is 5.72. The molecule has 0 fully saturated rings. The molecule has 5 aromatic rings. The molecule has 0 radical (unpaired) electrons. The van der Waals surface area contributed by atoms with Crippen molar-refractivity contribution < 1.29 is 21.6 Å². The first-order chi connectivity index (χ1) is 16.9. The van der Waals surface area contributed by atoms with E-state index in [1.54, 1.807) is 31.4 Å². The van der Waals surface area contributed by atoms with Crippen LogP contribution in [0.3, 0.4) is 0 Å². The summed E-state index contributed by atoms with van der Waals surface area (Å²) in [5, 5.41) is 4.80. The Balaban J connectivity index is 1.78. The van der Waals surface area contributed by atoms with Gasteiger partial charge in [-0.2, -0.15) is 18.3 Å². The van der Waals surface area contributed by atoms with Gasteiger partial charge in [-0.25, -0.2) is 27.9 Å². The van der Waals surface area contributed by atoms with Gasteiger partial charge in [-0.3, -0.25) is 0 Å². The SMILES string of the molecule is CCS(=O)(=O)c1nn2cc(-c3cc(Cl)cc(Cl)c3)cnc2c1-c1nc2cc(C(F)(F)F)ncc2n1C. The predicted molar refractivity (Wildman–Crippen MR) is 129 cm³/mol. The summed E-state index contributed by atoms with van der Waals surface area (Å²) >= 11 is 12.2. The number of pyridine rings is 1. The van der Waals surface area contributed by atoms with Crippen LogP contribution in [-0.4, -0.2) is 43.3 Å². The average Bonchev–Trinajstić information content (AvgIpc) is 3.35. The fourth-order valence-electron chi connectivity index (χ4n) is 3.80. The lowest BCUT2D eigenvalue weighted by Gasteiger charge is -2.06. The summed E-state index contributed by atoms with van der Waals surface area (Å²) in [5.41, 5.74) is 0.587. The minimum Gasteiger partial charge on any atom is -0.326 e. The van der Waals surface area contributed by atoms with E-state index in [0.717, 1.165) is 12.3 Å². The Bertz CT molecular complexity index is 1760. The Morgan fingerprint density at radius 1 is 1.00 bits per heavy atom. The highest BCUT2D eigenvalue weighted by molar-refractivity contribution is 7.91. The van der Waals surface area contributed by atoms with Crippen LogP contribution >= 0.6 is 23.2 Å². The number of imidazole rings is 1. The van der Waals surface area contributed by atoms with Gasteiger partial charge in [0.25, 0.3) is 0 Å². The summed E-state index contributed by atoms with van der Waals surface area (Å²) < 4.78 is 68.3. The van der Waals surface area contributed by atoms with Gasteiger partial charge in [-0.05, 0) is 29.8 Å². The molecule has 4 heterocycles. The second kappa shape index (κ2) is 8.43. The summed E-state index contributed by atoms with van der Waals surface area (Å²) in [4.78, 5) is 12.2. The van der Waals surface area contributed by atoms with Crippen LogP contribution in [0.15, 0.2) is 47.9 Å². The van der Waals surface area contributed by atoms with Crippen LogP contribution in [0.5, 0.6) is 0 Å². The summed E-state index contributed by atoms with van der Waals surface area (Å²) in [6.07, 6.45) is -0.553. The monoisotopic (exact) mass is 554 g/mol. The first-order valence-corrected chi connectivity index (χ1v) is 12.8. The summed E-state index contributed by atoms with van der Waals surface area (Å²) in [6.45, 7) is 1.46. The van der Waals surface area contributed by atoms with Crippen LogP contribution < -0.4 is 0 Å². The molecule has 0 bridgehead atoms. The molecule has 14 heteroatoms. The van der Waals surface area contributed by atoms with Crippen LogP contribution in [0, 0.1) is 0 Å². The lowest BCUT2D eigenvalue weighted by molar-refractivity contribution is -0.141. The first kappa shape index (κ1) is 24.5. The van der Waals surface area contributed by atoms with Crippen molar-refractivity contribution in [3.05, 3.63) is 58.6 Å². The number of hydrogen-bond donors (Lipinski definition) is 0. The van der Waals surface area contributed by atoms with Gasteiger partial charge in [0.2, 0.25) is 0 Å². The van der Waals surface area contributed by atoms with Crippen LogP contribution in [0.1, 0.15) is 12.6 Å². The van der Waals surface area contributed by atoms with Crippen molar-refractivity contribution in [3.8, 4) is 22.5 Å². The molecule has 0 aliphatic heterocycles. The van der Waals surface area contributed by atoms with Crippen molar-refractivity contribution in [3.63, 3.8) is 0 Å². The second-order valence-electron chi connectivity index (χ2n) is 7.90. The molecule has 0 atom stereocenters. The van der Waals surface area contributed by atoms with Crippen molar-refractivity contribution in [2.24, 2.45) is 7.05 Å². The molecule has 0 N–H and O–H groups in total. The van der Waals surface area contributed by atoms with Crippen LogP contribution in [0.25, 0.3) is 39.2 Å². The number of benzene rings is 1. The number of aromatic nitrogens is 6. The maximum atomic E-state index is 13.2. The minimum atomic E-state index is -4.66. The van der Waals surface area contributed by atoms with Crippen molar-refractivity contribution >= 4 is 49.7 Å². The molecule has 5 rings (SSSR count). The van der Waals surface area contributed by atoms with Gasteiger partial charge in [0, 0.05) is 35.1 Å². The van der Waals surface area contributed by atoms with Gasteiger partial charge in [0.1, 0.15) is 17.1 Å². The summed E-state index contributed by atoms with van der Waals surface area (Å²) in [7, 11) is -2.33. The minimum absolute atomic E-state index is 0.000731. The van der Waals surface area contributed by atoms with Crippen molar-refractivity contribution in [1.29, 1.82) is 0 Å². The Morgan fingerprint density at radius 2 is 1.69 bits per heavy atom. The van der Waals surface area contributed by atoms with Gasteiger partial charge in [0.05, 0.1) is 23.0 Å². The highest BCUT2D eigenvalue weighted by Gasteiger charge is 2.34. The van der Waals surface area contributed by atoms with Crippen LogP contribution in [0.4, 0.5) is 13.2 Å². The molecule has 0 amide bonds. The zero-order valence-corrected chi connectivity index (χ0v) is 20.9. The van der Waals surface area contributed by atoms with E-state index in [2.05, 4.69) is 20.1 Å². The average molecular weight is 555 g/mol. The molecule has 0 spiro atoms.